The third kappa shape index (κ3) is 4.15. The molecule has 4 nitrogen and oxygen atoms in total. The quantitative estimate of drug-likeness (QED) is 0.204. The smallest absolute Gasteiger partial charge is 0.163 e. The fourth-order valence-electron chi connectivity index (χ4n) is 9.11. The second-order valence-electron chi connectivity index (χ2n) is 14.1. The Hall–Kier alpha value is -6.52. The molecule has 6 aliphatic rings. The lowest BCUT2D eigenvalue weighted by Crippen LogP contribution is -2.40. The van der Waals surface area contributed by atoms with Crippen LogP contribution in [0.15, 0.2) is 203 Å². The van der Waals surface area contributed by atoms with Crippen LogP contribution in [0.5, 0.6) is 11.5 Å². The zero-order valence-electron chi connectivity index (χ0n) is 28.3. The number of allylic oxidation sites excluding steroid dienone is 10. The molecule has 0 fully saturated rings. The Labute approximate surface area is 303 Å². The molecule has 2 aliphatic heterocycles. The summed E-state index contributed by atoms with van der Waals surface area (Å²) in [5.41, 5.74) is 12.3. The molecule has 246 valence electrons. The minimum absolute atomic E-state index is 0.308. The van der Waals surface area contributed by atoms with Gasteiger partial charge in [-0.1, -0.05) is 164 Å². The molecule has 2 heterocycles. The lowest BCUT2D eigenvalue weighted by molar-refractivity contribution is 0.435. The van der Waals surface area contributed by atoms with Gasteiger partial charge in [-0.3, -0.25) is 0 Å². The molecule has 5 aromatic rings. The average Bonchev–Trinajstić information content (AvgIpc) is 3.51. The van der Waals surface area contributed by atoms with E-state index in [4.69, 9.17) is 14.7 Å². The Morgan fingerprint density at radius 1 is 0.558 bits per heavy atom. The third-order valence-electron chi connectivity index (χ3n) is 11.4. The van der Waals surface area contributed by atoms with E-state index in [1.807, 2.05) is 6.07 Å². The highest BCUT2D eigenvalue weighted by Crippen LogP contribution is 2.62. The highest BCUT2D eigenvalue weighted by atomic mass is 16.5. The van der Waals surface area contributed by atoms with E-state index in [0.717, 1.165) is 45.2 Å². The van der Waals surface area contributed by atoms with Crippen LogP contribution >= 0.6 is 0 Å². The van der Waals surface area contributed by atoms with Crippen LogP contribution in [-0.2, 0) is 5.41 Å². The summed E-state index contributed by atoms with van der Waals surface area (Å²) in [5, 5.41) is 3.70. The molecule has 4 heteroatoms. The summed E-state index contributed by atoms with van der Waals surface area (Å²) in [4.78, 5) is 10.6. The molecule has 1 spiro atoms. The van der Waals surface area contributed by atoms with Gasteiger partial charge in [0.25, 0.3) is 0 Å². The molecule has 0 aromatic heterocycles. The van der Waals surface area contributed by atoms with E-state index in [9.17, 15) is 0 Å². The van der Waals surface area contributed by atoms with E-state index in [-0.39, 0.29) is 6.17 Å². The molecule has 52 heavy (non-hydrogen) atoms. The molecule has 5 aromatic carbocycles. The van der Waals surface area contributed by atoms with Gasteiger partial charge in [-0.2, -0.15) is 0 Å². The maximum absolute atomic E-state index is 6.99. The molecule has 4 aliphatic carbocycles. The highest BCUT2D eigenvalue weighted by Gasteiger charge is 2.51. The normalized spacial score (nSPS) is 22.1. The molecule has 1 N–H and O–H groups in total. The van der Waals surface area contributed by atoms with Gasteiger partial charge in [0.05, 0.1) is 11.0 Å². The summed E-state index contributed by atoms with van der Waals surface area (Å²) in [6, 6.07) is 43.0. The second kappa shape index (κ2) is 11.2. The number of para-hydroxylation sites is 2. The van der Waals surface area contributed by atoms with Crippen LogP contribution in [-0.4, -0.2) is 17.8 Å². The SMILES string of the molecule is C1=CC2=CC=C3C=C(C4N=C(c5cccc6c5Oc5ccccc5C65c6ccccc6-c6ccccc65)N=C(c5ccccc5)N4)C=CC3C2C=C1. The summed E-state index contributed by atoms with van der Waals surface area (Å²) >= 11 is 0. The number of fused-ring (bicyclic) bond motifs is 12. The Morgan fingerprint density at radius 2 is 1.23 bits per heavy atom. The second-order valence-corrected chi connectivity index (χ2v) is 14.1. The predicted octanol–water partition coefficient (Wildman–Crippen LogP) is 10.00. The van der Waals surface area contributed by atoms with Crippen molar-refractivity contribution >= 4 is 11.7 Å². The number of amidine groups is 2. The first-order valence-electron chi connectivity index (χ1n) is 18.0. The molecule has 11 rings (SSSR count). The number of benzene rings is 5. The van der Waals surface area contributed by atoms with Gasteiger partial charge >= 0.3 is 0 Å². The van der Waals surface area contributed by atoms with Gasteiger partial charge in [-0.15, -0.1) is 0 Å². The van der Waals surface area contributed by atoms with Crippen molar-refractivity contribution in [3.8, 4) is 22.6 Å². The van der Waals surface area contributed by atoms with Crippen molar-refractivity contribution in [2.24, 2.45) is 21.8 Å². The number of rotatable bonds is 3. The van der Waals surface area contributed by atoms with Gasteiger partial charge < -0.3 is 10.1 Å². The summed E-state index contributed by atoms with van der Waals surface area (Å²) in [6.07, 6.45) is 19.9. The fraction of sp³-hybridized carbons (Fsp3) is 0.0833. The van der Waals surface area contributed by atoms with Crippen LogP contribution in [0.1, 0.15) is 33.4 Å². The molecular formula is C48H33N3O. The van der Waals surface area contributed by atoms with E-state index in [1.165, 1.54) is 33.4 Å². The van der Waals surface area contributed by atoms with Gasteiger partial charge in [0.1, 0.15) is 23.5 Å². The number of nitrogens with one attached hydrogen (secondary N) is 1. The maximum atomic E-state index is 6.99. The van der Waals surface area contributed by atoms with Crippen LogP contribution in [0.3, 0.4) is 0 Å². The molecule has 3 atom stereocenters. The third-order valence-corrected chi connectivity index (χ3v) is 11.4. The summed E-state index contributed by atoms with van der Waals surface area (Å²) in [7, 11) is 0. The first-order chi connectivity index (χ1) is 25.8. The van der Waals surface area contributed by atoms with Crippen molar-refractivity contribution in [2.45, 2.75) is 11.6 Å². The fourth-order valence-corrected chi connectivity index (χ4v) is 9.11. The minimum Gasteiger partial charge on any atom is -0.456 e. The van der Waals surface area contributed by atoms with Crippen LogP contribution < -0.4 is 10.1 Å². The maximum Gasteiger partial charge on any atom is 0.163 e. The van der Waals surface area contributed by atoms with E-state index in [1.54, 1.807) is 0 Å². The topological polar surface area (TPSA) is 46.0 Å². The molecule has 0 saturated carbocycles. The van der Waals surface area contributed by atoms with Crippen LogP contribution in [0.25, 0.3) is 11.1 Å². The number of nitrogens with zero attached hydrogens (tertiary/aromatic N) is 2. The van der Waals surface area contributed by atoms with Crippen LogP contribution in [0, 0.1) is 11.8 Å². The minimum atomic E-state index is -0.557. The Kier molecular flexibility index (Phi) is 6.32. The number of hydrogen-bond acceptors (Lipinski definition) is 4. The van der Waals surface area contributed by atoms with Gasteiger partial charge in [-0.05, 0) is 51.1 Å². The highest BCUT2D eigenvalue weighted by molar-refractivity contribution is 6.14. The number of aliphatic imine (C=N–C) groups is 2. The molecule has 0 bridgehead atoms. The van der Waals surface area contributed by atoms with Crippen molar-refractivity contribution in [1.82, 2.24) is 5.32 Å². The van der Waals surface area contributed by atoms with Crippen molar-refractivity contribution in [3.05, 3.63) is 226 Å². The van der Waals surface area contributed by atoms with Crippen molar-refractivity contribution in [2.75, 3.05) is 0 Å². The average molecular weight is 668 g/mol. The Bertz CT molecular complexity index is 2550. The molecule has 0 amide bonds. The monoisotopic (exact) mass is 667 g/mol. The van der Waals surface area contributed by atoms with Crippen LogP contribution in [0.4, 0.5) is 0 Å². The van der Waals surface area contributed by atoms with Gasteiger partial charge in [0.15, 0.2) is 5.84 Å². The largest absolute Gasteiger partial charge is 0.456 e. The lowest BCUT2D eigenvalue weighted by atomic mass is 9.66. The van der Waals surface area contributed by atoms with Crippen molar-refractivity contribution in [1.29, 1.82) is 0 Å². The molecule has 0 saturated heterocycles. The van der Waals surface area contributed by atoms with Crippen molar-refractivity contribution in [3.63, 3.8) is 0 Å². The molecule has 0 radical (unpaired) electrons. The summed E-state index contributed by atoms with van der Waals surface area (Å²) in [5.74, 6) is 3.73. The Balaban J connectivity index is 1.11. The van der Waals surface area contributed by atoms with Crippen molar-refractivity contribution < 1.29 is 4.74 Å². The van der Waals surface area contributed by atoms with E-state index < -0.39 is 5.41 Å². The predicted molar refractivity (Wildman–Crippen MR) is 209 cm³/mol. The number of hydrogen-bond donors (Lipinski definition) is 1. The summed E-state index contributed by atoms with van der Waals surface area (Å²) in [6.45, 7) is 0. The van der Waals surface area contributed by atoms with Gasteiger partial charge in [0, 0.05) is 28.5 Å². The zero-order chi connectivity index (χ0) is 34.2. The van der Waals surface area contributed by atoms with E-state index >= 15 is 0 Å². The molecular weight excluding hydrogens is 635 g/mol. The first-order valence-corrected chi connectivity index (χ1v) is 18.0. The Morgan fingerprint density at radius 3 is 2.06 bits per heavy atom. The zero-order valence-corrected chi connectivity index (χ0v) is 28.3. The van der Waals surface area contributed by atoms with E-state index in [2.05, 4.69) is 175 Å². The standard InChI is InChI=1S/C48H33N3O/c1-2-14-31(15-3-1)45-49-46(33-27-28-35-32(29-33)26-25-30-13-4-5-16-34(30)35)51-47(50-45)38-19-12-23-42-44(38)52-43-24-11-10-22-41(43)48(42)39-20-8-6-17-36(39)37-18-7-9-21-40(37)48/h1-29,34-35,46H,(H,49,50,51). The first kappa shape index (κ1) is 29.2. The van der Waals surface area contributed by atoms with Crippen LogP contribution in [0.2, 0.25) is 0 Å². The van der Waals surface area contributed by atoms with Gasteiger partial charge in [0.2, 0.25) is 0 Å². The summed E-state index contributed by atoms with van der Waals surface area (Å²) < 4.78 is 6.99. The molecule has 3 unspecified atom stereocenters. The van der Waals surface area contributed by atoms with Gasteiger partial charge in [-0.25, -0.2) is 9.98 Å². The number of ether oxygens (including phenoxy) is 1. The lowest BCUT2D eigenvalue weighted by Gasteiger charge is -2.40. The van der Waals surface area contributed by atoms with E-state index in [0.29, 0.717) is 17.7 Å².